The largest absolute Gasteiger partial charge is 0.430 e. The number of carbonyl (C=O) groups is 1. The van der Waals surface area contributed by atoms with Crippen molar-refractivity contribution in [2.24, 2.45) is 17.8 Å². The zero-order chi connectivity index (χ0) is 23.3. The van der Waals surface area contributed by atoms with Crippen LogP contribution in [0.4, 0.5) is 18.9 Å². The van der Waals surface area contributed by atoms with E-state index >= 15 is 0 Å². The third kappa shape index (κ3) is 5.79. The van der Waals surface area contributed by atoms with Crippen LogP contribution in [0.5, 0.6) is 0 Å². The van der Waals surface area contributed by atoms with Crippen molar-refractivity contribution in [3.63, 3.8) is 0 Å². The van der Waals surface area contributed by atoms with Crippen LogP contribution in [0.2, 0.25) is 5.02 Å². The minimum absolute atomic E-state index is 0.0382. The van der Waals surface area contributed by atoms with E-state index in [0.717, 1.165) is 11.8 Å². The Morgan fingerprint density at radius 3 is 2.34 bits per heavy atom. The SMILES string of the molecule is Cn1cccc1CNC(=O)c1ccc(C(/C=C(\N)C(F)(F)F)=Nc2ccccc2Cl)cc1. The van der Waals surface area contributed by atoms with Crippen molar-refractivity contribution < 1.29 is 18.0 Å². The second-order valence-corrected chi connectivity index (χ2v) is 7.32. The van der Waals surface area contributed by atoms with Crippen molar-refractivity contribution >= 4 is 28.9 Å². The summed E-state index contributed by atoms with van der Waals surface area (Å²) in [6.07, 6.45) is -2.10. The molecule has 32 heavy (non-hydrogen) atoms. The second kappa shape index (κ2) is 9.74. The smallest absolute Gasteiger partial charge is 0.395 e. The number of carbonyl (C=O) groups excluding carboxylic acids is 1. The van der Waals surface area contributed by atoms with Gasteiger partial charge in [-0.3, -0.25) is 4.79 Å². The molecular weight excluding hydrogens is 441 g/mol. The van der Waals surface area contributed by atoms with E-state index in [0.29, 0.717) is 23.4 Å². The molecule has 3 rings (SSSR count). The average Bonchev–Trinajstić information content (AvgIpc) is 3.17. The number of aryl methyl sites for hydroxylation is 1. The van der Waals surface area contributed by atoms with Crippen molar-refractivity contribution in [3.8, 4) is 0 Å². The highest BCUT2D eigenvalue weighted by Crippen LogP contribution is 2.27. The maximum atomic E-state index is 13.0. The summed E-state index contributed by atoms with van der Waals surface area (Å²) >= 11 is 6.10. The normalized spacial score (nSPS) is 12.7. The lowest BCUT2D eigenvalue weighted by atomic mass is 10.1. The Kier molecular flexibility index (Phi) is 7.05. The van der Waals surface area contributed by atoms with Gasteiger partial charge in [0.1, 0.15) is 5.70 Å². The molecule has 5 nitrogen and oxygen atoms in total. The van der Waals surface area contributed by atoms with E-state index in [9.17, 15) is 18.0 Å². The molecule has 0 saturated carbocycles. The van der Waals surface area contributed by atoms with Gasteiger partial charge in [0.25, 0.3) is 5.91 Å². The van der Waals surface area contributed by atoms with Crippen LogP contribution in [0.25, 0.3) is 0 Å². The van der Waals surface area contributed by atoms with Gasteiger partial charge in [-0.05, 0) is 42.5 Å². The molecule has 0 fully saturated rings. The molecule has 1 heterocycles. The van der Waals surface area contributed by atoms with Crippen LogP contribution in [0.1, 0.15) is 21.6 Å². The minimum Gasteiger partial charge on any atom is -0.395 e. The number of halogens is 4. The van der Waals surface area contributed by atoms with Gasteiger partial charge in [0.15, 0.2) is 0 Å². The monoisotopic (exact) mass is 460 g/mol. The van der Waals surface area contributed by atoms with Crippen molar-refractivity contribution in [2.45, 2.75) is 12.7 Å². The van der Waals surface area contributed by atoms with Crippen molar-refractivity contribution in [3.05, 3.63) is 100 Å². The number of aliphatic imine (C=N–C) groups is 1. The molecule has 0 unspecified atom stereocenters. The topological polar surface area (TPSA) is 72.4 Å². The molecule has 9 heteroatoms. The highest BCUT2D eigenvalue weighted by molar-refractivity contribution is 6.33. The van der Waals surface area contributed by atoms with E-state index in [4.69, 9.17) is 17.3 Å². The first-order chi connectivity index (χ1) is 15.1. The predicted molar refractivity (Wildman–Crippen MR) is 119 cm³/mol. The first-order valence-corrected chi connectivity index (χ1v) is 9.89. The number of hydrogen-bond acceptors (Lipinski definition) is 3. The molecule has 0 radical (unpaired) electrons. The molecule has 166 valence electrons. The van der Waals surface area contributed by atoms with Gasteiger partial charge in [-0.1, -0.05) is 35.9 Å². The minimum atomic E-state index is -4.71. The quantitative estimate of drug-likeness (QED) is 0.500. The number of alkyl halides is 3. The molecule has 2 aromatic carbocycles. The van der Waals surface area contributed by atoms with Crippen LogP contribution in [-0.4, -0.2) is 22.4 Å². The molecular formula is C23H20ClF3N4O. The number of benzene rings is 2. The van der Waals surface area contributed by atoms with Crippen LogP contribution in [0.15, 0.2) is 83.6 Å². The Bertz CT molecular complexity index is 1160. The van der Waals surface area contributed by atoms with Gasteiger partial charge in [-0.2, -0.15) is 13.2 Å². The fourth-order valence-electron chi connectivity index (χ4n) is 2.83. The van der Waals surface area contributed by atoms with Gasteiger partial charge in [0.2, 0.25) is 0 Å². The maximum absolute atomic E-state index is 13.0. The van der Waals surface area contributed by atoms with E-state index in [1.165, 1.54) is 24.3 Å². The zero-order valence-electron chi connectivity index (χ0n) is 17.0. The molecule has 1 aromatic heterocycles. The summed E-state index contributed by atoms with van der Waals surface area (Å²) in [6.45, 7) is 0.341. The molecule has 0 spiro atoms. The molecule has 0 aliphatic rings. The number of nitrogens with zero attached hydrogens (tertiary/aromatic N) is 2. The Balaban J connectivity index is 1.88. The lowest BCUT2D eigenvalue weighted by molar-refractivity contribution is -0.0925. The number of nitrogens with two attached hydrogens (primary N) is 1. The van der Waals surface area contributed by atoms with Crippen LogP contribution in [-0.2, 0) is 13.6 Å². The van der Waals surface area contributed by atoms with E-state index in [-0.39, 0.29) is 16.6 Å². The molecule has 0 aliphatic heterocycles. The first kappa shape index (κ1) is 23.1. The van der Waals surface area contributed by atoms with Crippen LogP contribution < -0.4 is 11.1 Å². The fourth-order valence-corrected chi connectivity index (χ4v) is 3.00. The first-order valence-electron chi connectivity index (χ1n) is 9.51. The molecule has 0 saturated heterocycles. The number of nitrogens with one attached hydrogen (secondary N) is 1. The van der Waals surface area contributed by atoms with Crippen LogP contribution in [0, 0.1) is 0 Å². The second-order valence-electron chi connectivity index (χ2n) is 6.92. The van der Waals surface area contributed by atoms with Gasteiger partial charge in [-0.25, -0.2) is 4.99 Å². The Morgan fingerprint density at radius 1 is 1.09 bits per heavy atom. The van der Waals surface area contributed by atoms with Crippen molar-refractivity contribution in [1.29, 1.82) is 0 Å². The molecule has 0 bridgehead atoms. The van der Waals surface area contributed by atoms with E-state index in [1.807, 2.05) is 29.9 Å². The number of rotatable bonds is 6. The molecule has 3 N–H and O–H groups in total. The Labute approximate surface area is 188 Å². The summed E-state index contributed by atoms with van der Waals surface area (Å²) in [5, 5.41) is 3.08. The predicted octanol–water partition coefficient (Wildman–Crippen LogP) is 5.13. The number of aromatic nitrogens is 1. The standard InChI is InChI=1S/C23H20ClF3N4O/c1-31-12-4-5-17(31)14-29-22(32)16-10-8-15(9-11-16)20(13-21(28)23(25,26)27)30-19-7-3-2-6-18(19)24/h2-13H,14,28H2,1H3,(H,29,32)/b21-13-,30-20?. The number of para-hydroxylation sites is 1. The van der Waals surface area contributed by atoms with E-state index in [2.05, 4.69) is 10.3 Å². The van der Waals surface area contributed by atoms with Crippen molar-refractivity contribution in [1.82, 2.24) is 9.88 Å². The summed E-state index contributed by atoms with van der Waals surface area (Å²) in [5.41, 5.74) is 5.79. The third-order valence-electron chi connectivity index (χ3n) is 4.64. The van der Waals surface area contributed by atoms with E-state index in [1.54, 1.807) is 24.3 Å². The van der Waals surface area contributed by atoms with Gasteiger partial charge >= 0.3 is 6.18 Å². The Hall–Kier alpha value is -3.52. The molecule has 0 aliphatic carbocycles. The summed E-state index contributed by atoms with van der Waals surface area (Å²) < 4.78 is 40.9. The van der Waals surface area contributed by atoms with Gasteiger partial charge in [0.05, 0.1) is 23.0 Å². The molecule has 1 amide bonds. The van der Waals surface area contributed by atoms with Gasteiger partial charge in [-0.15, -0.1) is 0 Å². The third-order valence-corrected chi connectivity index (χ3v) is 4.96. The lowest BCUT2D eigenvalue weighted by Gasteiger charge is -2.10. The van der Waals surface area contributed by atoms with Crippen LogP contribution >= 0.6 is 11.6 Å². The molecule has 3 aromatic rings. The fraction of sp³-hybridized carbons (Fsp3) is 0.130. The lowest BCUT2D eigenvalue weighted by Crippen LogP contribution is -2.24. The Morgan fingerprint density at radius 2 is 1.75 bits per heavy atom. The maximum Gasteiger partial charge on any atom is 0.430 e. The number of amides is 1. The van der Waals surface area contributed by atoms with Gasteiger partial charge in [0, 0.05) is 30.1 Å². The van der Waals surface area contributed by atoms with Crippen LogP contribution in [0.3, 0.4) is 0 Å². The molecule has 0 atom stereocenters. The summed E-state index contributed by atoms with van der Waals surface area (Å²) in [4.78, 5) is 16.7. The summed E-state index contributed by atoms with van der Waals surface area (Å²) in [6, 6.07) is 16.3. The summed E-state index contributed by atoms with van der Waals surface area (Å²) in [5.74, 6) is -0.312. The van der Waals surface area contributed by atoms with Gasteiger partial charge < -0.3 is 15.6 Å². The number of allylic oxidation sites excluding steroid dienone is 2. The van der Waals surface area contributed by atoms with E-state index < -0.39 is 11.9 Å². The summed E-state index contributed by atoms with van der Waals surface area (Å²) in [7, 11) is 1.87. The number of hydrogen-bond donors (Lipinski definition) is 2. The highest BCUT2D eigenvalue weighted by Gasteiger charge is 2.31. The highest BCUT2D eigenvalue weighted by atomic mass is 35.5. The average molecular weight is 461 g/mol. The zero-order valence-corrected chi connectivity index (χ0v) is 17.8. The van der Waals surface area contributed by atoms with Crippen molar-refractivity contribution in [2.75, 3.05) is 0 Å².